The van der Waals surface area contributed by atoms with Crippen LogP contribution < -0.4 is 4.72 Å². The fraction of sp³-hybridized carbons (Fsp3) is 0.286. The Labute approximate surface area is 253 Å². The van der Waals surface area contributed by atoms with Crippen LogP contribution in [0.5, 0.6) is 0 Å². The van der Waals surface area contributed by atoms with Gasteiger partial charge >= 0.3 is 6.09 Å². The first-order valence-corrected chi connectivity index (χ1v) is 15.2. The van der Waals surface area contributed by atoms with E-state index in [2.05, 4.69) is 14.7 Å². The van der Waals surface area contributed by atoms with Crippen molar-refractivity contribution in [1.29, 1.82) is 0 Å². The van der Waals surface area contributed by atoms with Crippen molar-refractivity contribution in [2.75, 3.05) is 30.9 Å². The number of carbonyl (C=O) groups excluding carboxylic acids is 2. The summed E-state index contributed by atoms with van der Waals surface area (Å²) in [5, 5.41) is 1.18. The summed E-state index contributed by atoms with van der Waals surface area (Å²) in [6.07, 6.45) is 4.31. The molecule has 0 atom stereocenters. The number of amides is 2. The number of nitrogens with one attached hydrogen (secondary N) is 1. The van der Waals surface area contributed by atoms with Crippen LogP contribution >= 0.6 is 23.2 Å². The number of nitrogens with zero attached hydrogens (tertiary/aromatic N) is 5. The number of sulfonamides is 1. The summed E-state index contributed by atoms with van der Waals surface area (Å²) in [6.45, 7) is 6.89. The zero-order valence-corrected chi connectivity index (χ0v) is 25.4. The number of aromatic nitrogens is 3. The minimum absolute atomic E-state index is 0.0486. The Bertz CT molecular complexity index is 1740. The van der Waals surface area contributed by atoms with E-state index in [-0.39, 0.29) is 26.5 Å². The normalized spacial score (nSPS) is 14.2. The third-order valence-electron chi connectivity index (χ3n) is 6.41. The second-order valence-corrected chi connectivity index (χ2v) is 13.2. The van der Waals surface area contributed by atoms with Gasteiger partial charge in [-0.1, -0.05) is 23.2 Å². The van der Waals surface area contributed by atoms with Gasteiger partial charge in [-0.2, -0.15) is 0 Å². The van der Waals surface area contributed by atoms with Crippen LogP contribution in [0.1, 0.15) is 31.3 Å². The third kappa shape index (κ3) is 6.61. The van der Waals surface area contributed by atoms with Crippen LogP contribution in [-0.4, -0.2) is 76.5 Å². The molecule has 2 aromatic carbocycles. The lowest BCUT2D eigenvalue weighted by Crippen LogP contribution is -2.51. The first-order chi connectivity index (χ1) is 19.8. The summed E-state index contributed by atoms with van der Waals surface area (Å²) in [7, 11) is -3.92. The average molecular weight is 632 g/mol. The van der Waals surface area contributed by atoms with Gasteiger partial charge in [0.05, 0.1) is 22.8 Å². The van der Waals surface area contributed by atoms with Crippen molar-refractivity contribution < 1.29 is 22.7 Å². The number of rotatable bonds is 5. The predicted octanol–water partition coefficient (Wildman–Crippen LogP) is 5.22. The minimum atomic E-state index is -3.92. The van der Waals surface area contributed by atoms with E-state index < -0.39 is 21.7 Å². The molecule has 4 aromatic rings. The van der Waals surface area contributed by atoms with Gasteiger partial charge in [0, 0.05) is 53.5 Å². The largest absolute Gasteiger partial charge is 0.444 e. The molecule has 0 saturated carbocycles. The summed E-state index contributed by atoms with van der Waals surface area (Å²) in [4.78, 5) is 37.3. The molecule has 0 spiro atoms. The zero-order chi connectivity index (χ0) is 30.2. The van der Waals surface area contributed by atoms with Crippen LogP contribution in [0.2, 0.25) is 10.0 Å². The molecular weight excluding hydrogens is 603 g/mol. The highest BCUT2D eigenvalue weighted by Gasteiger charge is 2.28. The molecule has 1 N–H and O–H groups in total. The summed E-state index contributed by atoms with van der Waals surface area (Å²) in [6, 6.07) is 11.0. The summed E-state index contributed by atoms with van der Waals surface area (Å²) in [5.74, 6) is 0.214. The second-order valence-electron chi connectivity index (χ2n) is 10.7. The minimum Gasteiger partial charge on any atom is -0.444 e. The van der Waals surface area contributed by atoms with Crippen molar-refractivity contribution in [3.8, 4) is 5.82 Å². The molecule has 220 valence electrons. The highest BCUT2D eigenvalue weighted by atomic mass is 35.5. The van der Waals surface area contributed by atoms with Crippen LogP contribution in [-0.2, 0) is 14.8 Å². The molecule has 14 heteroatoms. The number of hydrogen-bond donors (Lipinski definition) is 1. The number of piperazine rings is 1. The van der Waals surface area contributed by atoms with Crippen molar-refractivity contribution in [1.82, 2.24) is 24.3 Å². The first-order valence-electron chi connectivity index (χ1n) is 13.0. The van der Waals surface area contributed by atoms with Crippen molar-refractivity contribution in [3.63, 3.8) is 0 Å². The third-order valence-corrected chi connectivity index (χ3v) is 8.21. The topological polar surface area (TPSA) is 127 Å². The summed E-state index contributed by atoms with van der Waals surface area (Å²) in [5.41, 5.74) is 0.725. The molecule has 2 amide bonds. The molecule has 1 saturated heterocycles. The van der Waals surface area contributed by atoms with E-state index in [1.54, 1.807) is 38.8 Å². The van der Waals surface area contributed by atoms with Gasteiger partial charge in [0.1, 0.15) is 11.3 Å². The molecule has 1 aliphatic heterocycles. The van der Waals surface area contributed by atoms with E-state index in [1.807, 2.05) is 26.8 Å². The van der Waals surface area contributed by atoms with Gasteiger partial charge in [-0.25, -0.2) is 23.2 Å². The van der Waals surface area contributed by atoms with Gasteiger partial charge in [-0.15, -0.1) is 0 Å². The number of halogens is 2. The van der Waals surface area contributed by atoms with Crippen LogP contribution in [0.25, 0.3) is 16.7 Å². The van der Waals surface area contributed by atoms with Crippen molar-refractivity contribution in [2.24, 2.45) is 0 Å². The number of hydrogen-bond acceptors (Lipinski definition) is 7. The molecule has 3 heterocycles. The van der Waals surface area contributed by atoms with Gasteiger partial charge in [0.25, 0.3) is 15.9 Å². The second kappa shape index (κ2) is 11.4. The molecule has 0 aliphatic carbocycles. The van der Waals surface area contributed by atoms with E-state index in [9.17, 15) is 18.0 Å². The Morgan fingerprint density at radius 1 is 0.905 bits per heavy atom. The Balaban J connectivity index is 1.26. The monoisotopic (exact) mass is 630 g/mol. The van der Waals surface area contributed by atoms with E-state index in [0.717, 1.165) is 10.9 Å². The standard InChI is InChI=1S/C28H28Cl2N6O5S/c1-28(2,3)41-27(38)35-10-8-34(9-11-35)26(37)23-16-32-25(17-31-23)36-7-6-18-12-21(4-5-24(18)36)33-42(39,40)22-14-19(29)13-20(30)15-22/h4-7,12-17,33H,8-11H2,1-3H3. The highest BCUT2D eigenvalue weighted by molar-refractivity contribution is 7.92. The van der Waals surface area contributed by atoms with Gasteiger partial charge in [0.15, 0.2) is 5.82 Å². The number of benzene rings is 2. The number of fused-ring (bicyclic) bond motifs is 1. The molecule has 1 fully saturated rings. The maximum atomic E-state index is 13.0. The van der Waals surface area contributed by atoms with Gasteiger partial charge in [-0.3, -0.25) is 14.1 Å². The molecule has 5 rings (SSSR count). The highest BCUT2D eigenvalue weighted by Crippen LogP contribution is 2.27. The smallest absolute Gasteiger partial charge is 0.410 e. The molecule has 11 nitrogen and oxygen atoms in total. The maximum Gasteiger partial charge on any atom is 0.410 e. The van der Waals surface area contributed by atoms with Crippen LogP contribution in [0.4, 0.5) is 10.5 Å². The molecule has 0 bridgehead atoms. The predicted molar refractivity (Wildman–Crippen MR) is 160 cm³/mol. The molecule has 1 aliphatic rings. The SMILES string of the molecule is CC(C)(C)OC(=O)N1CCN(C(=O)c2cnc(-n3ccc4cc(NS(=O)(=O)c5cc(Cl)cc(Cl)c5)ccc43)cn2)CC1. The molecule has 2 aromatic heterocycles. The fourth-order valence-electron chi connectivity index (χ4n) is 4.44. The lowest BCUT2D eigenvalue weighted by molar-refractivity contribution is 0.0140. The average Bonchev–Trinajstić information content (AvgIpc) is 3.34. The molecule has 0 unspecified atom stereocenters. The van der Waals surface area contributed by atoms with E-state index in [0.29, 0.717) is 37.7 Å². The number of carbonyl (C=O) groups is 2. The van der Waals surface area contributed by atoms with Crippen LogP contribution in [0.15, 0.2) is 66.0 Å². The van der Waals surface area contributed by atoms with Crippen molar-refractivity contribution in [2.45, 2.75) is 31.3 Å². The Morgan fingerprint density at radius 2 is 1.57 bits per heavy atom. The van der Waals surface area contributed by atoms with Crippen LogP contribution in [0, 0.1) is 0 Å². The van der Waals surface area contributed by atoms with E-state index in [1.165, 1.54) is 30.6 Å². The van der Waals surface area contributed by atoms with E-state index in [4.69, 9.17) is 27.9 Å². The quantitative estimate of drug-likeness (QED) is 0.320. The first kappa shape index (κ1) is 29.6. The van der Waals surface area contributed by atoms with Crippen molar-refractivity contribution in [3.05, 3.63) is 76.8 Å². The summed E-state index contributed by atoms with van der Waals surface area (Å²) < 4.78 is 35.5. The Morgan fingerprint density at radius 3 is 2.19 bits per heavy atom. The maximum absolute atomic E-state index is 13.0. The zero-order valence-electron chi connectivity index (χ0n) is 23.0. The molecule has 0 radical (unpaired) electrons. The van der Waals surface area contributed by atoms with Gasteiger partial charge in [0.2, 0.25) is 0 Å². The molecule has 42 heavy (non-hydrogen) atoms. The number of ether oxygens (including phenoxy) is 1. The van der Waals surface area contributed by atoms with Gasteiger partial charge < -0.3 is 14.5 Å². The number of anilines is 1. The Kier molecular flexibility index (Phi) is 8.06. The Hall–Kier alpha value is -3.87. The van der Waals surface area contributed by atoms with E-state index >= 15 is 0 Å². The molecular formula is C28H28Cl2N6O5S. The van der Waals surface area contributed by atoms with Crippen LogP contribution in [0.3, 0.4) is 0 Å². The van der Waals surface area contributed by atoms with Gasteiger partial charge in [-0.05, 0) is 63.2 Å². The lowest BCUT2D eigenvalue weighted by Gasteiger charge is -2.35. The summed E-state index contributed by atoms with van der Waals surface area (Å²) >= 11 is 11.9. The van der Waals surface area contributed by atoms with Crippen molar-refractivity contribution >= 4 is 61.8 Å². The lowest BCUT2D eigenvalue weighted by atomic mass is 10.2. The fourth-order valence-corrected chi connectivity index (χ4v) is 6.21.